The second-order valence-electron chi connectivity index (χ2n) is 5.19. The van der Waals surface area contributed by atoms with Gasteiger partial charge < -0.3 is 4.74 Å². The zero-order valence-electron chi connectivity index (χ0n) is 10.5. The van der Waals surface area contributed by atoms with E-state index in [1.54, 1.807) is 20.8 Å². The van der Waals surface area contributed by atoms with E-state index in [0.29, 0.717) is 6.42 Å². The summed E-state index contributed by atoms with van der Waals surface area (Å²) in [7, 11) is 0. The highest BCUT2D eigenvalue weighted by atomic mass is 19.4. The third-order valence-electron chi connectivity index (χ3n) is 2.46. The molecule has 0 unspecified atom stereocenters. The van der Waals surface area contributed by atoms with Gasteiger partial charge in [-0.05, 0) is 33.6 Å². The van der Waals surface area contributed by atoms with Crippen LogP contribution in [-0.4, -0.2) is 41.1 Å². The SMILES string of the molecule is CC(C)(C)OC(=O)N1CCC[C@H]1C(=O)C(F)(F)F. The normalized spacial score (nSPS) is 21.0. The summed E-state index contributed by atoms with van der Waals surface area (Å²) in [5.41, 5.74) is -0.800. The number of rotatable bonds is 1. The van der Waals surface area contributed by atoms with Crippen molar-refractivity contribution in [2.75, 3.05) is 6.54 Å². The Hall–Kier alpha value is -1.27. The Balaban J connectivity index is 2.77. The van der Waals surface area contributed by atoms with E-state index >= 15 is 0 Å². The van der Waals surface area contributed by atoms with Gasteiger partial charge in [0.15, 0.2) is 0 Å². The molecule has 1 heterocycles. The maximum absolute atomic E-state index is 12.3. The van der Waals surface area contributed by atoms with Crippen LogP contribution in [0.4, 0.5) is 18.0 Å². The Morgan fingerprint density at radius 1 is 1.22 bits per heavy atom. The molecule has 0 spiro atoms. The third kappa shape index (κ3) is 3.61. The van der Waals surface area contributed by atoms with Gasteiger partial charge in [-0.2, -0.15) is 13.2 Å². The average Bonchev–Trinajstić information content (AvgIpc) is 2.60. The number of halogens is 3. The number of likely N-dealkylation sites (tertiary alicyclic amines) is 1. The summed E-state index contributed by atoms with van der Waals surface area (Å²) in [4.78, 5) is 23.7. The van der Waals surface area contributed by atoms with Crippen LogP contribution in [0.1, 0.15) is 33.6 Å². The molecule has 104 valence electrons. The average molecular weight is 267 g/mol. The highest BCUT2D eigenvalue weighted by Crippen LogP contribution is 2.28. The van der Waals surface area contributed by atoms with E-state index in [2.05, 4.69) is 0 Å². The largest absolute Gasteiger partial charge is 0.452 e. The van der Waals surface area contributed by atoms with Gasteiger partial charge in [-0.15, -0.1) is 0 Å². The molecule has 0 aromatic carbocycles. The Morgan fingerprint density at radius 2 is 1.78 bits per heavy atom. The van der Waals surface area contributed by atoms with Crippen LogP contribution >= 0.6 is 0 Å². The minimum Gasteiger partial charge on any atom is -0.444 e. The quantitative estimate of drug-likeness (QED) is 0.733. The highest BCUT2D eigenvalue weighted by molar-refractivity contribution is 5.92. The van der Waals surface area contributed by atoms with E-state index in [1.807, 2.05) is 0 Å². The first-order valence-electron chi connectivity index (χ1n) is 5.63. The molecule has 0 N–H and O–H groups in total. The van der Waals surface area contributed by atoms with Crippen LogP contribution in [0, 0.1) is 0 Å². The van der Waals surface area contributed by atoms with Crippen molar-refractivity contribution in [3.63, 3.8) is 0 Å². The van der Waals surface area contributed by atoms with Gasteiger partial charge in [-0.3, -0.25) is 9.69 Å². The van der Waals surface area contributed by atoms with Crippen LogP contribution in [0.2, 0.25) is 0 Å². The number of hydrogen-bond acceptors (Lipinski definition) is 3. The molecule has 0 radical (unpaired) electrons. The van der Waals surface area contributed by atoms with Crippen LogP contribution in [0.5, 0.6) is 0 Å². The molecule has 0 aliphatic carbocycles. The Bertz CT molecular complexity index is 346. The van der Waals surface area contributed by atoms with Gasteiger partial charge in [-0.25, -0.2) is 4.79 Å². The van der Waals surface area contributed by atoms with E-state index < -0.39 is 29.7 Å². The zero-order valence-corrected chi connectivity index (χ0v) is 10.5. The van der Waals surface area contributed by atoms with Crippen LogP contribution in [0.15, 0.2) is 0 Å². The number of amides is 1. The van der Waals surface area contributed by atoms with Crippen LogP contribution in [0.3, 0.4) is 0 Å². The predicted octanol–water partition coefficient (Wildman–Crippen LogP) is 2.52. The molecule has 1 aliphatic rings. The molecule has 4 nitrogen and oxygen atoms in total. The number of ketones is 1. The summed E-state index contributed by atoms with van der Waals surface area (Å²) < 4.78 is 42.0. The fourth-order valence-corrected chi connectivity index (χ4v) is 1.77. The van der Waals surface area contributed by atoms with Gasteiger partial charge >= 0.3 is 12.3 Å². The molecule has 0 aromatic rings. The molecule has 1 fully saturated rings. The number of hydrogen-bond donors (Lipinski definition) is 0. The lowest BCUT2D eigenvalue weighted by Gasteiger charge is -2.28. The molecule has 1 atom stereocenters. The summed E-state index contributed by atoms with van der Waals surface area (Å²) in [6.07, 6.45) is -5.40. The first-order valence-corrected chi connectivity index (χ1v) is 5.63. The van der Waals surface area contributed by atoms with Crippen molar-refractivity contribution in [3.8, 4) is 0 Å². The summed E-state index contributed by atoms with van der Waals surface area (Å²) in [5, 5.41) is 0. The standard InChI is InChI=1S/C11H16F3NO3/c1-10(2,3)18-9(17)15-6-4-5-7(15)8(16)11(12,13)14/h7H,4-6H2,1-3H3/t7-/m0/s1. The second kappa shape index (κ2) is 4.78. The van der Waals surface area contributed by atoms with Gasteiger partial charge in [-0.1, -0.05) is 0 Å². The summed E-state index contributed by atoms with van der Waals surface area (Å²) in [6.45, 7) is 4.95. The fraction of sp³-hybridized carbons (Fsp3) is 0.818. The fourth-order valence-electron chi connectivity index (χ4n) is 1.77. The maximum Gasteiger partial charge on any atom is 0.452 e. The van der Waals surface area contributed by atoms with Crippen LogP contribution < -0.4 is 0 Å². The summed E-state index contributed by atoms with van der Waals surface area (Å²) in [5.74, 6) is -1.88. The molecule has 7 heteroatoms. The predicted molar refractivity (Wildman–Crippen MR) is 57.0 cm³/mol. The van der Waals surface area contributed by atoms with Crippen molar-refractivity contribution in [2.24, 2.45) is 0 Å². The van der Waals surface area contributed by atoms with Crippen LogP contribution in [-0.2, 0) is 9.53 Å². The van der Waals surface area contributed by atoms with E-state index in [1.165, 1.54) is 0 Å². The molecular weight excluding hydrogens is 251 g/mol. The van der Waals surface area contributed by atoms with Gasteiger partial charge in [0.1, 0.15) is 11.6 Å². The Kier molecular flexibility index (Phi) is 3.92. The van der Waals surface area contributed by atoms with Crippen molar-refractivity contribution in [1.82, 2.24) is 4.90 Å². The lowest BCUT2D eigenvalue weighted by Crippen LogP contribution is -2.47. The van der Waals surface area contributed by atoms with Crippen molar-refractivity contribution in [3.05, 3.63) is 0 Å². The number of Topliss-reactive ketones (excluding diaryl/α,β-unsaturated/α-hetero) is 1. The number of carbonyl (C=O) groups is 2. The first kappa shape index (κ1) is 14.8. The number of alkyl halides is 3. The van der Waals surface area contributed by atoms with Crippen molar-refractivity contribution < 1.29 is 27.5 Å². The number of ether oxygens (including phenoxy) is 1. The summed E-state index contributed by atoms with van der Waals surface area (Å²) in [6, 6.07) is -1.44. The van der Waals surface area contributed by atoms with Crippen LogP contribution in [0.25, 0.3) is 0 Å². The number of nitrogens with zero attached hydrogens (tertiary/aromatic N) is 1. The van der Waals surface area contributed by atoms with Crippen molar-refractivity contribution in [2.45, 2.75) is 51.4 Å². The monoisotopic (exact) mass is 267 g/mol. The van der Waals surface area contributed by atoms with Gasteiger partial charge in [0, 0.05) is 6.54 Å². The molecule has 0 aromatic heterocycles. The zero-order chi connectivity index (χ0) is 14.1. The smallest absolute Gasteiger partial charge is 0.444 e. The van der Waals surface area contributed by atoms with Gasteiger partial charge in [0.25, 0.3) is 5.78 Å². The number of carbonyl (C=O) groups excluding carboxylic acids is 2. The van der Waals surface area contributed by atoms with Crippen molar-refractivity contribution in [1.29, 1.82) is 0 Å². The van der Waals surface area contributed by atoms with Crippen molar-refractivity contribution >= 4 is 11.9 Å². The lowest BCUT2D eigenvalue weighted by atomic mass is 10.1. The minimum absolute atomic E-state index is 0.0254. The molecule has 0 bridgehead atoms. The molecule has 1 rings (SSSR count). The third-order valence-corrected chi connectivity index (χ3v) is 2.46. The summed E-state index contributed by atoms with van der Waals surface area (Å²) >= 11 is 0. The van der Waals surface area contributed by atoms with Gasteiger partial charge in [0.2, 0.25) is 0 Å². The molecule has 18 heavy (non-hydrogen) atoms. The highest BCUT2D eigenvalue weighted by Gasteiger charge is 2.48. The Labute approximate surface area is 103 Å². The van der Waals surface area contributed by atoms with E-state index in [0.717, 1.165) is 4.90 Å². The first-order chi connectivity index (χ1) is 8.02. The molecule has 0 saturated carbocycles. The van der Waals surface area contributed by atoms with Gasteiger partial charge in [0.05, 0.1) is 0 Å². The molecule has 1 saturated heterocycles. The van der Waals surface area contributed by atoms with E-state index in [9.17, 15) is 22.8 Å². The molecule has 1 aliphatic heterocycles. The van der Waals surface area contributed by atoms with E-state index in [-0.39, 0.29) is 13.0 Å². The Morgan fingerprint density at radius 3 is 2.22 bits per heavy atom. The molecule has 1 amide bonds. The van der Waals surface area contributed by atoms with E-state index in [4.69, 9.17) is 4.74 Å². The topological polar surface area (TPSA) is 46.6 Å². The second-order valence-corrected chi connectivity index (χ2v) is 5.19. The maximum atomic E-state index is 12.3. The lowest BCUT2D eigenvalue weighted by molar-refractivity contribution is -0.175. The molecular formula is C11H16F3NO3. The minimum atomic E-state index is -4.92.